The molecule has 1 aliphatic heterocycles. The fraction of sp³-hybridized carbons (Fsp3) is 0.259. The predicted molar refractivity (Wildman–Crippen MR) is 126 cm³/mol. The van der Waals surface area contributed by atoms with E-state index < -0.39 is 41.8 Å². The molecule has 9 heteroatoms. The van der Waals surface area contributed by atoms with E-state index in [9.17, 15) is 33.0 Å². The smallest absolute Gasteiger partial charge is 0.380 e. The Kier molecular flexibility index (Phi) is 7.14. The maximum Gasteiger partial charge on any atom is 0.417 e. The summed E-state index contributed by atoms with van der Waals surface area (Å²) in [4.78, 5) is 26.5. The van der Waals surface area contributed by atoms with Crippen LogP contribution in [0.2, 0.25) is 0 Å². The van der Waals surface area contributed by atoms with Gasteiger partial charge in [-0.3, -0.25) is 9.59 Å². The molecular formula is C27H25F3N2O4. The van der Waals surface area contributed by atoms with Crippen LogP contribution in [-0.2, 0) is 28.9 Å². The lowest BCUT2D eigenvalue weighted by Crippen LogP contribution is -2.50. The molecule has 1 heterocycles. The summed E-state index contributed by atoms with van der Waals surface area (Å²) in [6, 6.07) is 18.2. The Hall–Kier alpha value is -3.69. The Morgan fingerprint density at radius 1 is 0.861 bits per heavy atom. The Balaban J connectivity index is 1.39. The summed E-state index contributed by atoms with van der Waals surface area (Å²) in [5, 5.41) is 23.2. The Morgan fingerprint density at radius 2 is 1.42 bits per heavy atom. The van der Waals surface area contributed by atoms with Crippen molar-refractivity contribution in [3.8, 4) is 11.1 Å². The quantitative estimate of drug-likeness (QED) is 0.482. The minimum atomic E-state index is -4.50. The van der Waals surface area contributed by atoms with Gasteiger partial charge in [0.25, 0.3) is 11.8 Å². The lowest BCUT2D eigenvalue weighted by molar-refractivity contribution is -0.153. The highest BCUT2D eigenvalue weighted by atomic mass is 19.4. The van der Waals surface area contributed by atoms with Gasteiger partial charge in [-0.1, -0.05) is 66.7 Å². The number of aliphatic hydroxyl groups excluding tert-OH is 2. The molecule has 0 unspecified atom stereocenters. The molecule has 3 aromatic rings. The molecule has 0 spiro atoms. The van der Waals surface area contributed by atoms with E-state index in [1.54, 1.807) is 19.1 Å². The van der Waals surface area contributed by atoms with Crippen LogP contribution in [0.5, 0.6) is 0 Å². The monoisotopic (exact) mass is 498 g/mol. The van der Waals surface area contributed by atoms with Crippen LogP contribution in [0.1, 0.15) is 35.2 Å². The lowest BCUT2D eigenvalue weighted by Gasteiger charge is -2.24. The summed E-state index contributed by atoms with van der Waals surface area (Å²) in [7, 11) is 0. The summed E-state index contributed by atoms with van der Waals surface area (Å²) in [5.41, 5.74) is 2.09. The van der Waals surface area contributed by atoms with Gasteiger partial charge in [0.2, 0.25) is 0 Å². The maximum absolute atomic E-state index is 13.3. The van der Waals surface area contributed by atoms with E-state index in [1.807, 2.05) is 24.3 Å². The molecule has 0 radical (unpaired) electrons. The minimum absolute atomic E-state index is 0.0364. The molecule has 0 aromatic heterocycles. The normalized spacial score (nSPS) is 15.7. The van der Waals surface area contributed by atoms with Crippen molar-refractivity contribution >= 4 is 11.8 Å². The number of fused-ring (bicyclic) bond motifs is 1. The number of aliphatic hydroxyl groups is 2. The van der Waals surface area contributed by atoms with Crippen LogP contribution >= 0.6 is 0 Å². The van der Waals surface area contributed by atoms with Crippen molar-refractivity contribution in [2.24, 2.45) is 0 Å². The van der Waals surface area contributed by atoms with Crippen LogP contribution in [0.3, 0.4) is 0 Å². The second-order valence-corrected chi connectivity index (χ2v) is 8.75. The van der Waals surface area contributed by atoms with Gasteiger partial charge in [-0.05, 0) is 40.8 Å². The van der Waals surface area contributed by atoms with Gasteiger partial charge in [-0.25, -0.2) is 0 Å². The number of halogens is 3. The SMILES string of the molecule is C[C@@H](NC(=O)[C@H](O)[C@@H](O)C(=O)N1Cc2ccccc2C1)c1ccc(-c2ccccc2C(F)(F)F)cc1. The molecule has 3 atom stereocenters. The molecule has 188 valence electrons. The van der Waals surface area contributed by atoms with Crippen LogP contribution in [-0.4, -0.2) is 39.1 Å². The highest BCUT2D eigenvalue weighted by Gasteiger charge is 2.36. The molecular weight excluding hydrogens is 473 g/mol. The average Bonchev–Trinajstić information content (AvgIpc) is 3.31. The summed E-state index contributed by atoms with van der Waals surface area (Å²) in [6.07, 6.45) is -8.42. The van der Waals surface area contributed by atoms with E-state index in [4.69, 9.17) is 0 Å². The van der Waals surface area contributed by atoms with Gasteiger partial charge in [0.15, 0.2) is 12.2 Å². The summed E-state index contributed by atoms with van der Waals surface area (Å²) in [5.74, 6) is -1.69. The molecule has 0 saturated carbocycles. The van der Waals surface area contributed by atoms with Crippen molar-refractivity contribution in [3.05, 3.63) is 95.1 Å². The maximum atomic E-state index is 13.3. The first-order valence-electron chi connectivity index (χ1n) is 11.3. The topological polar surface area (TPSA) is 89.9 Å². The Labute approximate surface area is 206 Å². The first-order valence-corrected chi connectivity index (χ1v) is 11.3. The minimum Gasteiger partial charge on any atom is -0.380 e. The Bertz CT molecular complexity index is 1240. The van der Waals surface area contributed by atoms with Gasteiger partial charge in [-0.15, -0.1) is 0 Å². The molecule has 0 saturated heterocycles. The van der Waals surface area contributed by atoms with E-state index in [2.05, 4.69) is 5.32 Å². The van der Waals surface area contributed by atoms with Crippen LogP contribution < -0.4 is 5.32 Å². The third-order valence-electron chi connectivity index (χ3n) is 6.29. The molecule has 1 aliphatic rings. The largest absolute Gasteiger partial charge is 0.417 e. The van der Waals surface area contributed by atoms with Gasteiger partial charge < -0.3 is 20.4 Å². The van der Waals surface area contributed by atoms with E-state index in [-0.39, 0.29) is 18.7 Å². The fourth-order valence-corrected chi connectivity index (χ4v) is 4.27. The molecule has 3 N–H and O–H groups in total. The number of hydrogen-bond donors (Lipinski definition) is 3. The zero-order valence-corrected chi connectivity index (χ0v) is 19.4. The number of alkyl halides is 3. The summed E-state index contributed by atoms with van der Waals surface area (Å²) >= 11 is 0. The summed E-state index contributed by atoms with van der Waals surface area (Å²) < 4.78 is 40.0. The number of nitrogens with zero attached hydrogens (tertiary/aromatic N) is 1. The second-order valence-electron chi connectivity index (χ2n) is 8.75. The molecule has 3 aromatic carbocycles. The molecule has 0 bridgehead atoms. The Morgan fingerprint density at radius 3 is 2.00 bits per heavy atom. The first-order chi connectivity index (χ1) is 17.1. The van der Waals surface area contributed by atoms with Gasteiger partial charge in [-0.2, -0.15) is 13.2 Å². The predicted octanol–water partition coefficient (Wildman–Crippen LogP) is 3.81. The number of benzene rings is 3. The number of carbonyl (C=O) groups excluding carboxylic acids is 2. The number of rotatable bonds is 6. The van der Waals surface area contributed by atoms with E-state index in [1.165, 1.54) is 35.2 Å². The van der Waals surface area contributed by atoms with E-state index in [0.29, 0.717) is 11.1 Å². The third-order valence-corrected chi connectivity index (χ3v) is 6.29. The van der Waals surface area contributed by atoms with Crippen molar-refractivity contribution in [1.82, 2.24) is 10.2 Å². The third kappa shape index (κ3) is 5.27. The fourth-order valence-electron chi connectivity index (χ4n) is 4.27. The van der Waals surface area contributed by atoms with Gasteiger partial charge in [0, 0.05) is 13.1 Å². The molecule has 0 aliphatic carbocycles. The molecule has 4 rings (SSSR count). The molecule has 6 nitrogen and oxygen atoms in total. The van der Waals surface area contributed by atoms with E-state index >= 15 is 0 Å². The van der Waals surface area contributed by atoms with Gasteiger partial charge in [0.05, 0.1) is 11.6 Å². The van der Waals surface area contributed by atoms with Gasteiger partial charge >= 0.3 is 6.18 Å². The van der Waals surface area contributed by atoms with Crippen molar-refractivity contribution in [1.29, 1.82) is 0 Å². The van der Waals surface area contributed by atoms with Crippen molar-refractivity contribution in [2.75, 3.05) is 0 Å². The number of hydrogen-bond acceptors (Lipinski definition) is 4. The van der Waals surface area contributed by atoms with Crippen molar-refractivity contribution in [3.63, 3.8) is 0 Å². The van der Waals surface area contributed by atoms with Crippen LogP contribution in [0, 0.1) is 0 Å². The van der Waals surface area contributed by atoms with Gasteiger partial charge in [0.1, 0.15) is 0 Å². The van der Waals surface area contributed by atoms with Crippen molar-refractivity contribution < 1.29 is 33.0 Å². The lowest BCUT2D eigenvalue weighted by atomic mass is 9.97. The number of amides is 2. The van der Waals surface area contributed by atoms with Crippen LogP contribution in [0.4, 0.5) is 13.2 Å². The highest BCUT2D eigenvalue weighted by Crippen LogP contribution is 2.37. The first kappa shape index (κ1) is 25.4. The van der Waals surface area contributed by atoms with E-state index in [0.717, 1.165) is 17.2 Å². The zero-order chi connectivity index (χ0) is 26.0. The summed E-state index contributed by atoms with van der Waals surface area (Å²) in [6.45, 7) is 2.18. The number of carbonyl (C=O) groups is 2. The van der Waals surface area contributed by atoms with Crippen LogP contribution in [0.15, 0.2) is 72.8 Å². The second kappa shape index (κ2) is 10.1. The molecule has 36 heavy (non-hydrogen) atoms. The zero-order valence-electron chi connectivity index (χ0n) is 19.4. The molecule has 2 amide bonds. The van der Waals surface area contributed by atoms with Crippen LogP contribution in [0.25, 0.3) is 11.1 Å². The highest BCUT2D eigenvalue weighted by molar-refractivity contribution is 5.91. The standard InChI is InChI=1S/C27H25F3N2O4/c1-16(17-10-12-18(13-11-17)21-8-4-5-9-22(21)27(28,29)30)31-25(35)23(33)24(34)26(36)32-14-19-6-2-3-7-20(19)15-32/h2-13,16,23-24,33-34H,14-15H2,1H3,(H,31,35)/t16-,23-,24-/m1/s1. The number of nitrogens with one attached hydrogen (secondary N) is 1. The average molecular weight is 499 g/mol. The molecule has 0 fully saturated rings. The van der Waals surface area contributed by atoms with Crippen molar-refractivity contribution in [2.45, 2.75) is 44.4 Å².